The third-order valence-electron chi connectivity index (χ3n) is 5.16. The van der Waals surface area contributed by atoms with E-state index in [9.17, 15) is 14.4 Å². The zero-order chi connectivity index (χ0) is 23.2. The molecular formula is C23H28ClN2O5+. The van der Waals surface area contributed by atoms with Crippen LogP contribution in [0.15, 0.2) is 42.5 Å². The number of hydrogen-bond donors (Lipinski definition) is 1. The van der Waals surface area contributed by atoms with Crippen LogP contribution in [-0.2, 0) is 25.7 Å². The second-order valence-corrected chi connectivity index (χ2v) is 8.32. The molecule has 1 amide bonds. The van der Waals surface area contributed by atoms with Crippen molar-refractivity contribution in [3.05, 3.63) is 64.2 Å². The van der Waals surface area contributed by atoms with E-state index in [0.29, 0.717) is 16.3 Å². The molecule has 0 saturated carbocycles. The normalized spacial score (nSPS) is 12.1. The molecule has 166 valence electrons. The molecule has 2 aromatic carbocycles. The van der Waals surface area contributed by atoms with E-state index in [2.05, 4.69) is 5.32 Å². The molecule has 0 fully saturated rings. The van der Waals surface area contributed by atoms with E-state index in [1.54, 1.807) is 34.0 Å². The number of nitrogens with zero attached hydrogens (tertiary/aromatic N) is 1. The Hall–Kier alpha value is -2.90. The first kappa shape index (κ1) is 24.4. The van der Waals surface area contributed by atoms with Gasteiger partial charge >= 0.3 is 11.9 Å². The van der Waals surface area contributed by atoms with Crippen LogP contribution in [0.25, 0.3) is 0 Å². The number of anilines is 1. The number of rotatable bonds is 8. The van der Waals surface area contributed by atoms with Gasteiger partial charge < -0.3 is 19.3 Å². The molecule has 31 heavy (non-hydrogen) atoms. The number of esters is 2. The number of nitrogens with one attached hydrogen (secondary N) is 1. The average molecular weight is 448 g/mol. The number of carbonyl (C=O) groups is 3. The molecule has 0 aliphatic rings. The van der Waals surface area contributed by atoms with Crippen LogP contribution < -0.4 is 5.32 Å². The summed E-state index contributed by atoms with van der Waals surface area (Å²) in [6.45, 7) is 3.63. The van der Waals surface area contributed by atoms with Gasteiger partial charge in [-0.2, -0.15) is 0 Å². The maximum absolute atomic E-state index is 13.0. The minimum atomic E-state index is -0.607. The van der Waals surface area contributed by atoms with Gasteiger partial charge in [-0.25, -0.2) is 9.59 Å². The lowest BCUT2D eigenvalue weighted by atomic mass is 10.1. The molecule has 0 bridgehead atoms. The molecule has 7 nitrogen and oxygen atoms in total. The van der Waals surface area contributed by atoms with Crippen molar-refractivity contribution in [1.82, 2.24) is 0 Å². The largest absolute Gasteiger partial charge is 0.465 e. The molecule has 0 aliphatic heterocycles. The molecule has 1 unspecified atom stereocenters. The third-order valence-corrected chi connectivity index (χ3v) is 5.38. The van der Waals surface area contributed by atoms with E-state index in [0.717, 1.165) is 5.56 Å². The summed E-state index contributed by atoms with van der Waals surface area (Å²) < 4.78 is 10.2. The predicted molar refractivity (Wildman–Crippen MR) is 119 cm³/mol. The lowest BCUT2D eigenvalue weighted by Gasteiger charge is -2.34. The predicted octanol–water partition coefficient (Wildman–Crippen LogP) is 3.58. The second kappa shape index (κ2) is 10.4. The van der Waals surface area contributed by atoms with Crippen molar-refractivity contribution in [2.45, 2.75) is 26.5 Å². The summed E-state index contributed by atoms with van der Waals surface area (Å²) >= 11 is 6.05. The summed E-state index contributed by atoms with van der Waals surface area (Å²) in [7, 11) is 4.79. The highest BCUT2D eigenvalue weighted by Crippen LogP contribution is 2.27. The monoisotopic (exact) mass is 447 g/mol. The summed E-state index contributed by atoms with van der Waals surface area (Å²) in [5.74, 6) is -1.37. The van der Waals surface area contributed by atoms with Gasteiger partial charge in [-0.3, -0.25) is 4.79 Å². The van der Waals surface area contributed by atoms with Gasteiger partial charge in [-0.1, -0.05) is 41.9 Å². The van der Waals surface area contributed by atoms with Gasteiger partial charge in [0.25, 0.3) is 5.91 Å². The van der Waals surface area contributed by atoms with E-state index < -0.39 is 18.0 Å². The summed E-state index contributed by atoms with van der Waals surface area (Å²) in [6.07, 6.45) is 0. The Morgan fingerprint density at radius 2 is 1.77 bits per heavy atom. The number of likely N-dealkylation sites (N-methyl/N-ethyl adjacent to an activating group) is 1. The fourth-order valence-electron chi connectivity index (χ4n) is 2.98. The van der Waals surface area contributed by atoms with Gasteiger partial charge in [-0.05, 0) is 37.1 Å². The van der Waals surface area contributed by atoms with Crippen molar-refractivity contribution in [2.24, 2.45) is 0 Å². The summed E-state index contributed by atoms with van der Waals surface area (Å²) in [6, 6.07) is 11.9. The molecule has 0 saturated heterocycles. The topological polar surface area (TPSA) is 81.7 Å². The summed E-state index contributed by atoms with van der Waals surface area (Å²) in [5, 5.41) is 3.15. The summed E-state index contributed by atoms with van der Waals surface area (Å²) in [4.78, 5) is 37.4. The van der Waals surface area contributed by atoms with Crippen LogP contribution in [0.5, 0.6) is 0 Å². The van der Waals surface area contributed by atoms with E-state index in [4.69, 9.17) is 21.1 Å². The van der Waals surface area contributed by atoms with Gasteiger partial charge in [0, 0.05) is 5.02 Å². The first-order valence-corrected chi connectivity index (χ1v) is 10.1. The molecule has 1 atom stereocenters. The smallest absolute Gasteiger partial charge is 0.362 e. The molecule has 2 rings (SSSR count). The Kier molecular flexibility index (Phi) is 8.19. The fourth-order valence-corrected chi connectivity index (χ4v) is 3.25. The molecule has 8 heteroatoms. The second-order valence-electron chi connectivity index (χ2n) is 7.89. The number of carbonyl (C=O) groups excluding carboxylic acids is 3. The van der Waals surface area contributed by atoms with Gasteiger partial charge in [-0.15, -0.1) is 0 Å². The van der Waals surface area contributed by atoms with Crippen LogP contribution in [0.2, 0.25) is 5.02 Å². The van der Waals surface area contributed by atoms with Crippen LogP contribution in [0.4, 0.5) is 5.69 Å². The van der Waals surface area contributed by atoms with E-state index >= 15 is 0 Å². The number of aryl methyl sites for hydroxylation is 1. The molecule has 1 N–H and O–H groups in total. The standard InChI is InChI=1S/C23H27ClN2O5/c1-15-11-18(24)12-19(23(29)30-5)21(15)25-22(28)16(2)26(3,4)13-20(27)31-14-17-9-7-6-8-10-17/h6-12,16H,13-14H2,1-5H3/p+1. The van der Waals surface area contributed by atoms with Gasteiger partial charge in [0.2, 0.25) is 0 Å². The molecule has 0 aliphatic carbocycles. The minimum absolute atomic E-state index is 0.00484. The van der Waals surface area contributed by atoms with Gasteiger partial charge in [0.1, 0.15) is 6.61 Å². The van der Waals surface area contributed by atoms with Crippen molar-refractivity contribution in [3.63, 3.8) is 0 Å². The average Bonchev–Trinajstić information content (AvgIpc) is 2.73. The zero-order valence-corrected chi connectivity index (χ0v) is 19.2. The number of amides is 1. The van der Waals surface area contributed by atoms with Crippen LogP contribution in [0.1, 0.15) is 28.4 Å². The van der Waals surface area contributed by atoms with Crippen molar-refractivity contribution >= 4 is 35.1 Å². The number of methoxy groups -OCH3 is 1. The lowest BCUT2D eigenvalue weighted by Crippen LogP contribution is -2.55. The molecule has 0 radical (unpaired) electrons. The highest BCUT2D eigenvalue weighted by atomic mass is 35.5. The van der Waals surface area contributed by atoms with E-state index in [1.165, 1.54) is 13.2 Å². The van der Waals surface area contributed by atoms with Crippen LogP contribution in [0.3, 0.4) is 0 Å². The molecule has 0 spiro atoms. The number of halogens is 1. The van der Waals surface area contributed by atoms with Crippen molar-refractivity contribution in [2.75, 3.05) is 33.1 Å². The summed E-state index contributed by atoms with van der Waals surface area (Å²) in [5.41, 5.74) is 2.02. The van der Waals surface area contributed by atoms with E-state index in [-0.39, 0.29) is 29.1 Å². The maximum Gasteiger partial charge on any atom is 0.362 e. The quantitative estimate of drug-likeness (QED) is 0.494. The Morgan fingerprint density at radius 3 is 2.39 bits per heavy atom. The maximum atomic E-state index is 13.0. The first-order chi connectivity index (χ1) is 14.5. The Labute approximate surface area is 187 Å². The van der Waals surface area contributed by atoms with Gasteiger partial charge in [0.05, 0.1) is 32.5 Å². The van der Waals surface area contributed by atoms with Gasteiger partial charge in [0.15, 0.2) is 12.6 Å². The van der Waals surface area contributed by atoms with Crippen molar-refractivity contribution < 1.29 is 28.3 Å². The van der Waals surface area contributed by atoms with Crippen LogP contribution in [0, 0.1) is 6.92 Å². The lowest BCUT2D eigenvalue weighted by molar-refractivity contribution is -0.896. The van der Waals surface area contributed by atoms with Crippen molar-refractivity contribution in [1.29, 1.82) is 0 Å². The number of quaternary nitrogens is 1. The molecular weight excluding hydrogens is 420 g/mol. The fraction of sp³-hybridized carbons (Fsp3) is 0.348. The third kappa shape index (κ3) is 6.54. The van der Waals surface area contributed by atoms with E-state index in [1.807, 2.05) is 30.3 Å². The Bertz CT molecular complexity index is 960. The van der Waals surface area contributed by atoms with Crippen LogP contribution >= 0.6 is 11.6 Å². The number of ether oxygens (including phenoxy) is 2. The Morgan fingerprint density at radius 1 is 1.13 bits per heavy atom. The first-order valence-electron chi connectivity index (χ1n) is 9.76. The minimum Gasteiger partial charge on any atom is -0.465 e. The molecule has 0 heterocycles. The SMILES string of the molecule is COC(=O)c1cc(Cl)cc(C)c1NC(=O)C(C)[N+](C)(C)CC(=O)OCc1ccccc1. The zero-order valence-electron chi connectivity index (χ0n) is 18.4. The van der Waals surface area contributed by atoms with Crippen LogP contribution in [-0.4, -0.2) is 56.1 Å². The number of hydrogen-bond acceptors (Lipinski definition) is 5. The molecule has 0 aromatic heterocycles. The van der Waals surface area contributed by atoms with Crippen molar-refractivity contribution in [3.8, 4) is 0 Å². The number of benzene rings is 2. The Balaban J connectivity index is 2.08. The molecule has 2 aromatic rings. The highest BCUT2D eigenvalue weighted by molar-refractivity contribution is 6.31. The highest BCUT2D eigenvalue weighted by Gasteiger charge is 2.34.